The summed E-state index contributed by atoms with van der Waals surface area (Å²) < 4.78 is 0. The van der Waals surface area contributed by atoms with Crippen LogP contribution in [-0.4, -0.2) is 49.1 Å². The van der Waals surface area contributed by atoms with Gasteiger partial charge in [0.15, 0.2) is 0 Å². The predicted octanol–water partition coefficient (Wildman–Crippen LogP) is 0.729. The zero-order chi connectivity index (χ0) is 12.1. The fraction of sp³-hybridized carbons (Fsp3) is 0.923. The number of nitrogens with zero attached hydrogens (tertiary/aromatic N) is 1. The molecule has 2 atom stereocenters. The van der Waals surface area contributed by atoms with Gasteiger partial charge in [-0.3, -0.25) is 4.79 Å². The van der Waals surface area contributed by atoms with Crippen molar-refractivity contribution in [3.63, 3.8) is 0 Å². The summed E-state index contributed by atoms with van der Waals surface area (Å²) in [4.78, 5) is 14.3. The molecule has 4 nitrogen and oxygen atoms in total. The van der Waals surface area contributed by atoms with Crippen LogP contribution in [-0.2, 0) is 4.79 Å². The van der Waals surface area contributed by atoms with Gasteiger partial charge in [0.2, 0.25) is 5.91 Å². The molecular weight excluding hydrogens is 214 g/mol. The first-order valence-electron chi connectivity index (χ1n) is 7.02. The second-order valence-corrected chi connectivity index (χ2v) is 5.41. The fourth-order valence-corrected chi connectivity index (χ4v) is 2.85. The number of hydrogen-bond donors (Lipinski definition) is 2. The van der Waals surface area contributed by atoms with Crippen molar-refractivity contribution in [2.75, 3.05) is 26.2 Å². The van der Waals surface area contributed by atoms with Crippen LogP contribution < -0.4 is 10.6 Å². The molecule has 2 aliphatic rings. The molecule has 2 aliphatic heterocycles. The molecule has 2 heterocycles. The van der Waals surface area contributed by atoms with E-state index in [1.807, 2.05) is 0 Å². The van der Waals surface area contributed by atoms with Gasteiger partial charge >= 0.3 is 0 Å². The second kappa shape index (κ2) is 6.36. The molecule has 0 spiro atoms. The zero-order valence-corrected chi connectivity index (χ0v) is 10.9. The van der Waals surface area contributed by atoms with Gasteiger partial charge in [-0.1, -0.05) is 0 Å². The first-order chi connectivity index (χ1) is 8.25. The van der Waals surface area contributed by atoms with E-state index >= 15 is 0 Å². The number of hydrogen-bond acceptors (Lipinski definition) is 3. The lowest BCUT2D eigenvalue weighted by Gasteiger charge is -2.25. The molecule has 0 aromatic heterocycles. The summed E-state index contributed by atoms with van der Waals surface area (Å²) in [6.07, 6.45) is 5.90. The number of amides is 1. The van der Waals surface area contributed by atoms with Crippen LogP contribution in [0.1, 0.15) is 39.0 Å². The Morgan fingerprint density at radius 1 is 1.35 bits per heavy atom. The van der Waals surface area contributed by atoms with Crippen LogP contribution in [0.25, 0.3) is 0 Å². The van der Waals surface area contributed by atoms with Crippen LogP contribution in [0.4, 0.5) is 0 Å². The lowest BCUT2D eigenvalue weighted by Crippen LogP contribution is -2.49. The van der Waals surface area contributed by atoms with Gasteiger partial charge in [0.1, 0.15) is 0 Å². The van der Waals surface area contributed by atoms with Crippen LogP contribution in [0.2, 0.25) is 0 Å². The van der Waals surface area contributed by atoms with Crippen molar-refractivity contribution in [2.45, 2.75) is 51.1 Å². The summed E-state index contributed by atoms with van der Waals surface area (Å²) in [5.41, 5.74) is 0. The average Bonchev–Trinajstić information content (AvgIpc) is 2.71. The van der Waals surface area contributed by atoms with Crippen molar-refractivity contribution >= 4 is 5.91 Å². The van der Waals surface area contributed by atoms with Gasteiger partial charge in [-0.15, -0.1) is 0 Å². The quantitative estimate of drug-likeness (QED) is 0.760. The molecule has 2 saturated heterocycles. The summed E-state index contributed by atoms with van der Waals surface area (Å²) in [5.74, 6) is 0.191. The monoisotopic (exact) mass is 239 g/mol. The van der Waals surface area contributed by atoms with Gasteiger partial charge in [-0.2, -0.15) is 0 Å². The van der Waals surface area contributed by atoms with Crippen molar-refractivity contribution in [2.24, 2.45) is 0 Å². The zero-order valence-electron chi connectivity index (χ0n) is 10.9. The van der Waals surface area contributed by atoms with E-state index in [0.717, 1.165) is 32.4 Å². The largest absolute Gasteiger partial charge is 0.355 e. The van der Waals surface area contributed by atoms with E-state index < -0.39 is 0 Å². The maximum absolute atomic E-state index is 11.8. The number of carbonyl (C=O) groups is 1. The average molecular weight is 239 g/mol. The summed E-state index contributed by atoms with van der Waals surface area (Å²) >= 11 is 0. The molecule has 2 N–H and O–H groups in total. The van der Waals surface area contributed by atoms with E-state index in [4.69, 9.17) is 0 Å². The fourth-order valence-electron chi connectivity index (χ4n) is 2.85. The first kappa shape index (κ1) is 12.8. The third-order valence-electron chi connectivity index (χ3n) is 3.75. The van der Waals surface area contributed by atoms with Gasteiger partial charge in [-0.25, -0.2) is 0 Å². The Labute approximate surface area is 104 Å². The minimum Gasteiger partial charge on any atom is -0.355 e. The topological polar surface area (TPSA) is 44.4 Å². The van der Waals surface area contributed by atoms with Crippen LogP contribution in [0.3, 0.4) is 0 Å². The van der Waals surface area contributed by atoms with Gasteiger partial charge in [0, 0.05) is 19.1 Å². The summed E-state index contributed by atoms with van der Waals surface area (Å²) in [7, 11) is 0. The van der Waals surface area contributed by atoms with Gasteiger partial charge in [0.05, 0.1) is 6.04 Å². The Kier molecular flexibility index (Phi) is 4.80. The molecule has 2 unspecified atom stereocenters. The predicted molar refractivity (Wildman–Crippen MR) is 68.9 cm³/mol. The number of carbonyl (C=O) groups excluding carboxylic acids is 1. The SMILES string of the molecule is CC(CN1CCCC1)NC1CCCCNC1=O. The van der Waals surface area contributed by atoms with Gasteiger partial charge in [0.25, 0.3) is 0 Å². The molecule has 98 valence electrons. The Balaban J connectivity index is 1.75. The maximum Gasteiger partial charge on any atom is 0.237 e. The Bertz CT molecular complexity index is 251. The highest BCUT2D eigenvalue weighted by molar-refractivity contribution is 5.81. The van der Waals surface area contributed by atoms with E-state index in [1.165, 1.54) is 25.9 Å². The highest BCUT2D eigenvalue weighted by atomic mass is 16.2. The Morgan fingerprint density at radius 3 is 2.88 bits per heavy atom. The lowest BCUT2D eigenvalue weighted by atomic mass is 10.1. The minimum absolute atomic E-state index is 0.0232. The third kappa shape index (κ3) is 3.96. The summed E-state index contributed by atoms with van der Waals surface area (Å²) in [5, 5.41) is 6.46. The molecule has 0 radical (unpaired) electrons. The van der Waals surface area contributed by atoms with E-state index in [0.29, 0.717) is 6.04 Å². The standard InChI is InChI=1S/C13H25N3O/c1-11(10-16-8-4-5-9-16)15-12-6-2-3-7-14-13(12)17/h11-12,15H,2-10H2,1H3,(H,14,17). The van der Waals surface area contributed by atoms with E-state index in [1.54, 1.807) is 0 Å². The van der Waals surface area contributed by atoms with Crippen LogP contribution >= 0.6 is 0 Å². The number of nitrogens with one attached hydrogen (secondary N) is 2. The molecule has 17 heavy (non-hydrogen) atoms. The molecule has 2 rings (SSSR count). The molecular formula is C13H25N3O. The Morgan fingerprint density at radius 2 is 2.12 bits per heavy atom. The molecule has 4 heteroatoms. The van der Waals surface area contributed by atoms with Crippen molar-refractivity contribution in [3.05, 3.63) is 0 Å². The van der Waals surface area contributed by atoms with E-state index in [2.05, 4.69) is 22.5 Å². The third-order valence-corrected chi connectivity index (χ3v) is 3.75. The first-order valence-corrected chi connectivity index (χ1v) is 7.02. The summed E-state index contributed by atoms with van der Waals surface area (Å²) in [6.45, 7) is 6.56. The molecule has 0 bridgehead atoms. The maximum atomic E-state index is 11.8. The Hall–Kier alpha value is -0.610. The molecule has 0 aliphatic carbocycles. The van der Waals surface area contributed by atoms with Crippen LogP contribution in [0.5, 0.6) is 0 Å². The van der Waals surface area contributed by atoms with E-state index in [9.17, 15) is 4.79 Å². The smallest absolute Gasteiger partial charge is 0.237 e. The van der Waals surface area contributed by atoms with Gasteiger partial charge in [-0.05, 0) is 52.1 Å². The normalized spacial score (nSPS) is 28.8. The highest BCUT2D eigenvalue weighted by Crippen LogP contribution is 2.10. The molecule has 0 aromatic carbocycles. The van der Waals surface area contributed by atoms with Gasteiger partial charge < -0.3 is 15.5 Å². The second-order valence-electron chi connectivity index (χ2n) is 5.41. The lowest BCUT2D eigenvalue weighted by molar-refractivity contribution is -0.123. The molecule has 0 saturated carbocycles. The highest BCUT2D eigenvalue weighted by Gasteiger charge is 2.23. The van der Waals surface area contributed by atoms with Crippen molar-refractivity contribution in [1.29, 1.82) is 0 Å². The molecule has 1 amide bonds. The summed E-state index contributed by atoms with van der Waals surface area (Å²) in [6, 6.07) is 0.428. The van der Waals surface area contributed by atoms with Crippen molar-refractivity contribution < 1.29 is 4.79 Å². The van der Waals surface area contributed by atoms with E-state index in [-0.39, 0.29) is 11.9 Å². The minimum atomic E-state index is 0.0232. The van der Waals surface area contributed by atoms with Crippen LogP contribution in [0.15, 0.2) is 0 Å². The molecule has 2 fully saturated rings. The number of rotatable bonds is 4. The van der Waals surface area contributed by atoms with Crippen LogP contribution in [0, 0.1) is 0 Å². The van der Waals surface area contributed by atoms with Crippen molar-refractivity contribution in [3.8, 4) is 0 Å². The molecule has 0 aromatic rings. The number of likely N-dealkylation sites (tertiary alicyclic amines) is 1. The van der Waals surface area contributed by atoms with Crippen molar-refractivity contribution in [1.82, 2.24) is 15.5 Å².